The van der Waals surface area contributed by atoms with Crippen molar-refractivity contribution in [2.45, 2.75) is 44.7 Å². The third kappa shape index (κ3) is 4.54. The van der Waals surface area contributed by atoms with E-state index in [0.717, 1.165) is 19.0 Å². The monoisotopic (exact) mass is 244 g/mol. The molecule has 3 N–H and O–H groups in total. The first kappa shape index (κ1) is 14.9. The third-order valence-corrected chi connectivity index (χ3v) is 3.86. The first-order valence-electron chi connectivity index (χ1n) is 6.82. The molecule has 1 heterocycles. The van der Waals surface area contributed by atoms with Crippen LogP contribution < -0.4 is 5.73 Å². The van der Waals surface area contributed by atoms with Crippen LogP contribution in [0.3, 0.4) is 0 Å². The second-order valence-electron chi connectivity index (χ2n) is 5.14. The van der Waals surface area contributed by atoms with Gasteiger partial charge in [-0.3, -0.25) is 4.90 Å². The van der Waals surface area contributed by atoms with Crippen LogP contribution in [0.1, 0.15) is 32.6 Å². The van der Waals surface area contributed by atoms with E-state index >= 15 is 0 Å². The van der Waals surface area contributed by atoms with Crippen LogP contribution in [0.5, 0.6) is 0 Å². The van der Waals surface area contributed by atoms with E-state index in [0.29, 0.717) is 6.61 Å². The highest BCUT2D eigenvalue weighted by Gasteiger charge is 2.28. The van der Waals surface area contributed by atoms with Gasteiger partial charge in [0.2, 0.25) is 0 Å². The molecule has 0 bridgehead atoms. The standard InChI is InChI=1S/C13H28N2O2/c1-3-4-11-5-7-15(8-6-11)13(9-16)12(14)10-17-2/h11-13,16H,3-10,14H2,1-2H3. The summed E-state index contributed by atoms with van der Waals surface area (Å²) in [6.07, 6.45) is 5.09. The number of hydrogen-bond acceptors (Lipinski definition) is 4. The van der Waals surface area contributed by atoms with Crippen molar-refractivity contribution in [3.05, 3.63) is 0 Å². The Morgan fingerprint density at radius 2 is 2.06 bits per heavy atom. The normalized spacial score (nSPS) is 22.6. The summed E-state index contributed by atoms with van der Waals surface area (Å²) in [4.78, 5) is 2.33. The Bertz CT molecular complexity index is 194. The molecule has 0 saturated carbocycles. The Kier molecular flexibility index (Phi) is 7.04. The van der Waals surface area contributed by atoms with Crippen LogP contribution in [-0.4, -0.2) is 55.5 Å². The summed E-state index contributed by atoms with van der Waals surface area (Å²) < 4.78 is 5.07. The van der Waals surface area contributed by atoms with Crippen molar-refractivity contribution in [2.24, 2.45) is 11.7 Å². The lowest BCUT2D eigenvalue weighted by molar-refractivity contribution is 0.0474. The zero-order valence-electron chi connectivity index (χ0n) is 11.3. The summed E-state index contributed by atoms with van der Waals surface area (Å²) in [5.74, 6) is 0.870. The molecule has 0 aliphatic carbocycles. The number of methoxy groups -OCH3 is 1. The summed E-state index contributed by atoms with van der Waals surface area (Å²) in [6, 6.07) is -0.0368. The minimum Gasteiger partial charge on any atom is -0.395 e. The number of nitrogens with zero attached hydrogens (tertiary/aromatic N) is 1. The van der Waals surface area contributed by atoms with Crippen molar-refractivity contribution in [1.82, 2.24) is 4.90 Å². The number of likely N-dealkylation sites (tertiary alicyclic amines) is 1. The molecule has 1 saturated heterocycles. The van der Waals surface area contributed by atoms with Crippen LogP contribution in [0.15, 0.2) is 0 Å². The Labute approximate surface area is 105 Å². The number of ether oxygens (including phenoxy) is 1. The van der Waals surface area contributed by atoms with Gasteiger partial charge >= 0.3 is 0 Å². The molecule has 0 spiro atoms. The minimum absolute atomic E-state index is 0.0533. The number of aliphatic hydroxyl groups is 1. The van der Waals surface area contributed by atoms with Gasteiger partial charge in [-0.2, -0.15) is 0 Å². The first-order chi connectivity index (χ1) is 8.22. The lowest BCUT2D eigenvalue weighted by Crippen LogP contribution is -2.54. The molecule has 1 fully saturated rings. The van der Waals surface area contributed by atoms with E-state index < -0.39 is 0 Å². The van der Waals surface area contributed by atoms with E-state index in [9.17, 15) is 5.11 Å². The lowest BCUT2D eigenvalue weighted by atomic mass is 9.91. The summed E-state index contributed by atoms with van der Waals surface area (Å²) in [5, 5.41) is 9.47. The smallest absolute Gasteiger partial charge is 0.0629 e. The van der Waals surface area contributed by atoms with Gasteiger partial charge in [0.1, 0.15) is 0 Å². The van der Waals surface area contributed by atoms with E-state index in [1.54, 1.807) is 7.11 Å². The second kappa shape index (κ2) is 8.03. The van der Waals surface area contributed by atoms with Crippen molar-refractivity contribution < 1.29 is 9.84 Å². The molecule has 0 aromatic heterocycles. The zero-order valence-corrected chi connectivity index (χ0v) is 11.3. The van der Waals surface area contributed by atoms with Gasteiger partial charge in [-0.1, -0.05) is 19.8 Å². The molecule has 2 unspecified atom stereocenters. The maximum Gasteiger partial charge on any atom is 0.0629 e. The molecule has 1 aliphatic heterocycles. The molecule has 2 atom stereocenters. The molecule has 0 aromatic rings. The predicted octanol–water partition coefficient (Wildman–Crippen LogP) is 0.833. The van der Waals surface area contributed by atoms with Crippen LogP contribution in [0.25, 0.3) is 0 Å². The highest BCUT2D eigenvalue weighted by molar-refractivity contribution is 4.85. The van der Waals surface area contributed by atoms with Crippen LogP contribution in [0.2, 0.25) is 0 Å². The topological polar surface area (TPSA) is 58.7 Å². The van der Waals surface area contributed by atoms with Crippen LogP contribution in [-0.2, 0) is 4.74 Å². The van der Waals surface area contributed by atoms with Gasteiger partial charge in [-0.05, 0) is 31.8 Å². The average molecular weight is 244 g/mol. The van der Waals surface area contributed by atoms with Gasteiger partial charge in [0, 0.05) is 13.2 Å². The maximum absolute atomic E-state index is 9.47. The van der Waals surface area contributed by atoms with E-state index in [-0.39, 0.29) is 18.7 Å². The summed E-state index contributed by atoms with van der Waals surface area (Å²) in [5.41, 5.74) is 6.04. The molecule has 0 aromatic carbocycles. The SMILES string of the molecule is CCCC1CCN(C(CO)C(N)COC)CC1. The van der Waals surface area contributed by atoms with Crippen molar-refractivity contribution in [3.63, 3.8) is 0 Å². The average Bonchev–Trinajstić information content (AvgIpc) is 2.33. The van der Waals surface area contributed by atoms with E-state index in [1.165, 1.54) is 25.7 Å². The van der Waals surface area contributed by atoms with Crippen molar-refractivity contribution in [1.29, 1.82) is 0 Å². The third-order valence-electron chi connectivity index (χ3n) is 3.86. The number of piperidine rings is 1. The predicted molar refractivity (Wildman–Crippen MR) is 69.9 cm³/mol. The maximum atomic E-state index is 9.47. The summed E-state index contributed by atoms with van der Waals surface area (Å²) in [7, 11) is 1.65. The molecule has 0 amide bonds. The van der Waals surface area contributed by atoms with Gasteiger partial charge < -0.3 is 15.6 Å². The second-order valence-corrected chi connectivity index (χ2v) is 5.14. The van der Waals surface area contributed by atoms with Crippen molar-refractivity contribution in [2.75, 3.05) is 33.4 Å². The van der Waals surface area contributed by atoms with E-state index in [4.69, 9.17) is 10.5 Å². The Hall–Kier alpha value is -0.160. The summed E-state index contributed by atoms with van der Waals surface area (Å²) >= 11 is 0. The van der Waals surface area contributed by atoms with E-state index in [1.807, 2.05) is 0 Å². The molecular weight excluding hydrogens is 216 g/mol. The fourth-order valence-electron chi connectivity index (χ4n) is 2.81. The molecular formula is C13H28N2O2. The van der Waals surface area contributed by atoms with Crippen molar-refractivity contribution in [3.8, 4) is 0 Å². The largest absolute Gasteiger partial charge is 0.395 e. The molecule has 4 heteroatoms. The first-order valence-corrected chi connectivity index (χ1v) is 6.82. The Balaban J connectivity index is 2.39. The fraction of sp³-hybridized carbons (Fsp3) is 1.00. The molecule has 17 heavy (non-hydrogen) atoms. The Morgan fingerprint density at radius 3 is 2.53 bits per heavy atom. The number of aliphatic hydroxyl groups excluding tert-OH is 1. The van der Waals surface area contributed by atoms with Crippen LogP contribution in [0.4, 0.5) is 0 Å². The number of hydrogen-bond donors (Lipinski definition) is 2. The lowest BCUT2D eigenvalue weighted by Gasteiger charge is -2.39. The van der Waals surface area contributed by atoms with Crippen LogP contribution >= 0.6 is 0 Å². The molecule has 1 rings (SSSR count). The fourth-order valence-corrected chi connectivity index (χ4v) is 2.81. The van der Waals surface area contributed by atoms with Gasteiger partial charge in [-0.15, -0.1) is 0 Å². The highest BCUT2D eigenvalue weighted by atomic mass is 16.5. The number of nitrogens with two attached hydrogens (primary N) is 1. The molecule has 0 radical (unpaired) electrons. The van der Waals surface area contributed by atoms with E-state index in [2.05, 4.69) is 11.8 Å². The number of rotatable bonds is 7. The van der Waals surface area contributed by atoms with Gasteiger partial charge in [0.25, 0.3) is 0 Å². The molecule has 102 valence electrons. The van der Waals surface area contributed by atoms with Gasteiger partial charge in [0.05, 0.1) is 19.3 Å². The molecule has 1 aliphatic rings. The van der Waals surface area contributed by atoms with Gasteiger partial charge in [0.15, 0.2) is 0 Å². The Morgan fingerprint density at radius 1 is 1.41 bits per heavy atom. The quantitative estimate of drug-likeness (QED) is 0.696. The highest BCUT2D eigenvalue weighted by Crippen LogP contribution is 2.23. The van der Waals surface area contributed by atoms with Gasteiger partial charge in [-0.25, -0.2) is 0 Å². The molecule has 4 nitrogen and oxygen atoms in total. The summed E-state index contributed by atoms with van der Waals surface area (Å²) in [6.45, 7) is 5.01. The van der Waals surface area contributed by atoms with Crippen molar-refractivity contribution >= 4 is 0 Å². The zero-order chi connectivity index (χ0) is 12.7. The van der Waals surface area contributed by atoms with Crippen LogP contribution in [0, 0.1) is 5.92 Å². The minimum atomic E-state index is -0.0901.